The number of rotatable bonds is 5. The molecule has 1 aromatic rings. The van der Waals surface area contributed by atoms with Gasteiger partial charge < -0.3 is 9.47 Å². The predicted octanol–water partition coefficient (Wildman–Crippen LogP) is 2.93. The van der Waals surface area contributed by atoms with Crippen molar-refractivity contribution < 1.29 is 9.47 Å². The molecule has 0 radical (unpaired) electrons. The lowest BCUT2D eigenvalue weighted by molar-refractivity contribution is 0.0106. The van der Waals surface area contributed by atoms with Crippen LogP contribution in [0.25, 0.3) is 0 Å². The van der Waals surface area contributed by atoms with Crippen molar-refractivity contribution in [2.24, 2.45) is 0 Å². The van der Waals surface area contributed by atoms with Crippen LogP contribution < -0.4 is 5.19 Å². The Morgan fingerprint density at radius 2 is 1.94 bits per heavy atom. The van der Waals surface area contributed by atoms with Crippen molar-refractivity contribution in [3.05, 3.63) is 29.8 Å². The number of benzene rings is 1. The van der Waals surface area contributed by atoms with Crippen molar-refractivity contribution in [2.75, 3.05) is 13.2 Å². The van der Waals surface area contributed by atoms with Crippen LogP contribution in [-0.2, 0) is 16.1 Å². The Balaban J connectivity index is 1.79. The topological polar surface area (TPSA) is 18.5 Å². The summed E-state index contributed by atoms with van der Waals surface area (Å²) in [4.78, 5) is 0. The van der Waals surface area contributed by atoms with Gasteiger partial charge in [-0.05, 0) is 18.4 Å². The third kappa shape index (κ3) is 3.94. The summed E-state index contributed by atoms with van der Waals surface area (Å²) in [5.41, 5.74) is 1.26. The van der Waals surface area contributed by atoms with E-state index in [1.165, 1.54) is 17.2 Å². The minimum atomic E-state index is -1.17. The van der Waals surface area contributed by atoms with Gasteiger partial charge in [0.1, 0.15) is 0 Å². The second kappa shape index (κ2) is 6.00. The molecule has 0 N–H and O–H groups in total. The van der Waals surface area contributed by atoms with E-state index in [9.17, 15) is 0 Å². The Bertz CT molecular complexity index is 361. The molecule has 0 aromatic heterocycles. The molecule has 0 bridgehead atoms. The molecular formula is C15H24O2Si. The largest absolute Gasteiger partial charge is 0.376 e. The fraction of sp³-hybridized carbons (Fsp3) is 0.600. The zero-order valence-electron chi connectivity index (χ0n) is 11.7. The van der Waals surface area contributed by atoms with E-state index in [1.54, 1.807) is 0 Å². The summed E-state index contributed by atoms with van der Waals surface area (Å²) in [5.74, 6) is 0. The van der Waals surface area contributed by atoms with Crippen molar-refractivity contribution in [2.45, 2.75) is 45.2 Å². The summed E-state index contributed by atoms with van der Waals surface area (Å²) >= 11 is 0. The SMILES string of the molecule is C[Si](C)(C)c1ccc(COCC2CCCO2)cc1. The van der Waals surface area contributed by atoms with Crippen LogP contribution in [0.3, 0.4) is 0 Å². The molecule has 3 heteroatoms. The summed E-state index contributed by atoms with van der Waals surface area (Å²) in [5, 5.41) is 1.50. The standard InChI is InChI=1S/C15H24O2Si/c1-18(2,3)15-8-6-13(7-9-15)11-16-12-14-5-4-10-17-14/h6-9,14H,4-5,10-12H2,1-3H3. The Morgan fingerprint density at radius 1 is 1.22 bits per heavy atom. The average molecular weight is 264 g/mol. The quantitative estimate of drug-likeness (QED) is 0.761. The summed E-state index contributed by atoms with van der Waals surface area (Å²) in [6.45, 7) is 9.45. The summed E-state index contributed by atoms with van der Waals surface area (Å²) in [6, 6.07) is 8.92. The van der Waals surface area contributed by atoms with E-state index in [-0.39, 0.29) is 0 Å². The van der Waals surface area contributed by atoms with Gasteiger partial charge in [-0.3, -0.25) is 0 Å². The molecule has 0 aliphatic carbocycles. The third-order valence-electron chi connectivity index (χ3n) is 3.42. The highest BCUT2D eigenvalue weighted by Crippen LogP contribution is 2.13. The number of hydrogen-bond donors (Lipinski definition) is 0. The Morgan fingerprint density at radius 3 is 2.50 bits per heavy atom. The fourth-order valence-corrected chi connectivity index (χ4v) is 3.35. The zero-order chi connectivity index (χ0) is 13.0. The lowest BCUT2D eigenvalue weighted by Gasteiger charge is -2.17. The minimum Gasteiger partial charge on any atom is -0.376 e. The van der Waals surface area contributed by atoms with E-state index in [1.807, 2.05) is 0 Å². The highest BCUT2D eigenvalue weighted by atomic mass is 28.3. The van der Waals surface area contributed by atoms with Gasteiger partial charge in [0.15, 0.2) is 0 Å². The van der Waals surface area contributed by atoms with Gasteiger partial charge in [-0.15, -0.1) is 0 Å². The van der Waals surface area contributed by atoms with Crippen molar-refractivity contribution in [3.63, 3.8) is 0 Å². The molecular weight excluding hydrogens is 240 g/mol. The van der Waals surface area contributed by atoms with Gasteiger partial charge in [-0.2, -0.15) is 0 Å². The first-order valence-corrected chi connectivity index (χ1v) is 10.3. The molecule has 0 amide bonds. The molecule has 100 valence electrons. The molecule has 0 spiro atoms. The molecule has 1 heterocycles. The Kier molecular flexibility index (Phi) is 4.59. The first kappa shape index (κ1) is 13.8. The molecule has 1 atom stereocenters. The van der Waals surface area contributed by atoms with Crippen molar-refractivity contribution in [1.29, 1.82) is 0 Å². The molecule has 1 unspecified atom stereocenters. The second-order valence-electron chi connectivity index (χ2n) is 6.10. The van der Waals surface area contributed by atoms with Gasteiger partial charge >= 0.3 is 0 Å². The van der Waals surface area contributed by atoms with E-state index >= 15 is 0 Å². The van der Waals surface area contributed by atoms with Gasteiger partial charge in [-0.1, -0.05) is 49.1 Å². The lowest BCUT2D eigenvalue weighted by atomic mass is 10.2. The highest BCUT2D eigenvalue weighted by molar-refractivity contribution is 6.88. The van der Waals surface area contributed by atoms with Crippen LogP contribution in [0.2, 0.25) is 19.6 Å². The summed E-state index contributed by atoms with van der Waals surface area (Å²) in [6.07, 6.45) is 2.65. The maximum atomic E-state index is 5.72. The first-order valence-electron chi connectivity index (χ1n) is 6.84. The van der Waals surface area contributed by atoms with Crippen LogP contribution in [0.15, 0.2) is 24.3 Å². The summed E-state index contributed by atoms with van der Waals surface area (Å²) in [7, 11) is -1.17. The predicted molar refractivity (Wildman–Crippen MR) is 78.1 cm³/mol. The Labute approximate surface area is 111 Å². The van der Waals surface area contributed by atoms with Crippen molar-refractivity contribution in [1.82, 2.24) is 0 Å². The second-order valence-corrected chi connectivity index (χ2v) is 11.2. The molecule has 2 nitrogen and oxygen atoms in total. The zero-order valence-corrected chi connectivity index (χ0v) is 12.7. The molecule has 1 fully saturated rings. The van der Waals surface area contributed by atoms with Crippen LogP contribution in [0.5, 0.6) is 0 Å². The number of ether oxygens (including phenoxy) is 2. The van der Waals surface area contributed by atoms with Crippen LogP contribution in [0, 0.1) is 0 Å². The van der Waals surface area contributed by atoms with Crippen LogP contribution in [0.1, 0.15) is 18.4 Å². The van der Waals surface area contributed by atoms with Gasteiger partial charge in [0.25, 0.3) is 0 Å². The monoisotopic (exact) mass is 264 g/mol. The molecule has 1 aliphatic heterocycles. The molecule has 1 aromatic carbocycles. The highest BCUT2D eigenvalue weighted by Gasteiger charge is 2.16. The van der Waals surface area contributed by atoms with Gasteiger partial charge in [-0.25, -0.2) is 0 Å². The molecule has 18 heavy (non-hydrogen) atoms. The van der Waals surface area contributed by atoms with Gasteiger partial charge in [0.2, 0.25) is 0 Å². The van der Waals surface area contributed by atoms with Crippen molar-refractivity contribution >= 4 is 13.3 Å². The minimum absolute atomic E-state index is 0.325. The van der Waals surface area contributed by atoms with E-state index in [0.717, 1.165) is 19.6 Å². The Hall–Kier alpha value is -0.643. The third-order valence-corrected chi connectivity index (χ3v) is 5.48. The van der Waals surface area contributed by atoms with Crippen LogP contribution >= 0.6 is 0 Å². The normalized spacial score (nSPS) is 20.3. The first-order chi connectivity index (χ1) is 8.55. The molecule has 0 saturated carbocycles. The van der Waals surface area contributed by atoms with Crippen LogP contribution in [0.4, 0.5) is 0 Å². The van der Waals surface area contributed by atoms with E-state index in [2.05, 4.69) is 43.9 Å². The lowest BCUT2D eigenvalue weighted by Crippen LogP contribution is -2.37. The maximum Gasteiger partial charge on any atom is 0.0809 e. The smallest absolute Gasteiger partial charge is 0.0809 e. The maximum absolute atomic E-state index is 5.72. The molecule has 1 saturated heterocycles. The van der Waals surface area contributed by atoms with E-state index < -0.39 is 8.07 Å². The molecule has 2 rings (SSSR count). The average Bonchev–Trinajstić information content (AvgIpc) is 2.82. The van der Waals surface area contributed by atoms with Crippen molar-refractivity contribution in [3.8, 4) is 0 Å². The number of hydrogen-bond acceptors (Lipinski definition) is 2. The fourth-order valence-electron chi connectivity index (χ4n) is 2.18. The summed E-state index contributed by atoms with van der Waals surface area (Å²) < 4.78 is 11.3. The molecule has 1 aliphatic rings. The van der Waals surface area contributed by atoms with E-state index in [4.69, 9.17) is 9.47 Å². The van der Waals surface area contributed by atoms with Gasteiger partial charge in [0, 0.05) is 6.61 Å². The van der Waals surface area contributed by atoms with E-state index in [0.29, 0.717) is 12.7 Å². The van der Waals surface area contributed by atoms with Crippen LogP contribution in [-0.4, -0.2) is 27.4 Å². The van der Waals surface area contributed by atoms with Gasteiger partial charge in [0.05, 0.1) is 27.4 Å².